The Balaban J connectivity index is 2.77. The molecule has 0 aliphatic heterocycles. The van der Waals surface area contributed by atoms with Crippen LogP contribution >= 0.6 is 23.4 Å². The van der Waals surface area contributed by atoms with Gasteiger partial charge in [0.1, 0.15) is 6.07 Å². The van der Waals surface area contributed by atoms with Gasteiger partial charge in [-0.05, 0) is 18.2 Å². The largest absolute Gasteiger partial charge is 0.481 e. The second-order valence-electron chi connectivity index (χ2n) is 2.44. The molecule has 1 aromatic rings. The van der Waals surface area contributed by atoms with Crippen LogP contribution in [0.25, 0.3) is 0 Å². The Labute approximate surface area is 90.3 Å². The normalized spacial score (nSPS) is 9.43. The minimum absolute atomic E-state index is 0.0117. The molecule has 0 aliphatic carbocycles. The van der Waals surface area contributed by atoms with Gasteiger partial charge < -0.3 is 5.11 Å². The fourth-order valence-corrected chi connectivity index (χ4v) is 1.76. The summed E-state index contributed by atoms with van der Waals surface area (Å²) < 4.78 is 0. The second-order valence-corrected chi connectivity index (χ2v) is 3.89. The predicted octanol–water partition coefficient (Wildman–Crippen LogP) is 2.39. The van der Waals surface area contributed by atoms with Crippen LogP contribution < -0.4 is 0 Å². The Bertz CT molecular complexity index is 400. The number of aliphatic carboxylic acids is 1. The highest BCUT2D eigenvalue weighted by molar-refractivity contribution is 8.00. The Hall–Kier alpha value is -1.18. The molecule has 1 rings (SSSR count). The van der Waals surface area contributed by atoms with Gasteiger partial charge in [0.2, 0.25) is 0 Å². The third kappa shape index (κ3) is 2.95. The van der Waals surface area contributed by atoms with Crippen LogP contribution in [0.4, 0.5) is 0 Å². The lowest BCUT2D eigenvalue weighted by Gasteiger charge is -2.00. The van der Waals surface area contributed by atoms with E-state index in [-0.39, 0.29) is 5.75 Å². The molecule has 0 heterocycles. The molecule has 1 aromatic carbocycles. The number of halogens is 1. The van der Waals surface area contributed by atoms with Crippen LogP contribution in [0.3, 0.4) is 0 Å². The topological polar surface area (TPSA) is 61.1 Å². The van der Waals surface area contributed by atoms with Gasteiger partial charge in [0.05, 0.1) is 16.3 Å². The maximum atomic E-state index is 10.3. The zero-order valence-electron chi connectivity index (χ0n) is 7.03. The van der Waals surface area contributed by atoms with Crippen molar-refractivity contribution in [2.45, 2.75) is 4.90 Å². The zero-order chi connectivity index (χ0) is 10.6. The van der Waals surface area contributed by atoms with Crippen LogP contribution in [-0.2, 0) is 4.79 Å². The number of rotatable bonds is 3. The van der Waals surface area contributed by atoms with Crippen LogP contribution in [0.2, 0.25) is 5.02 Å². The van der Waals surface area contributed by atoms with Crippen molar-refractivity contribution in [2.75, 3.05) is 5.75 Å². The van der Waals surface area contributed by atoms with E-state index < -0.39 is 5.97 Å². The third-order valence-electron chi connectivity index (χ3n) is 1.42. The number of benzene rings is 1. The molecular formula is C9H6ClNO2S. The van der Waals surface area contributed by atoms with E-state index in [0.29, 0.717) is 10.6 Å². The summed E-state index contributed by atoms with van der Waals surface area (Å²) in [5, 5.41) is 17.4. The number of carboxylic acid groups (broad SMARTS) is 1. The highest BCUT2D eigenvalue weighted by Crippen LogP contribution is 2.24. The van der Waals surface area contributed by atoms with E-state index in [1.165, 1.54) is 11.8 Å². The fourth-order valence-electron chi connectivity index (χ4n) is 0.821. The van der Waals surface area contributed by atoms with E-state index >= 15 is 0 Å². The highest BCUT2D eigenvalue weighted by atomic mass is 35.5. The summed E-state index contributed by atoms with van der Waals surface area (Å²) in [4.78, 5) is 11.0. The number of carboxylic acids is 1. The van der Waals surface area contributed by atoms with E-state index in [9.17, 15) is 4.79 Å². The average molecular weight is 228 g/mol. The SMILES string of the molecule is N#Cc1ccc(SCC(=O)O)cc1Cl. The molecule has 0 fully saturated rings. The maximum Gasteiger partial charge on any atom is 0.313 e. The van der Waals surface area contributed by atoms with Gasteiger partial charge in [-0.2, -0.15) is 5.26 Å². The molecule has 0 unspecified atom stereocenters. The van der Waals surface area contributed by atoms with Crippen LogP contribution in [-0.4, -0.2) is 16.8 Å². The van der Waals surface area contributed by atoms with E-state index in [4.69, 9.17) is 22.0 Å². The molecule has 0 radical (unpaired) electrons. The van der Waals surface area contributed by atoms with Crippen molar-refractivity contribution >= 4 is 29.3 Å². The van der Waals surface area contributed by atoms with Crippen molar-refractivity contribution in [3.05, 3.63) is 28.8 Å². The summed E-state index contributed by atoms with van der Waals surface area (Å²) in [6, 6.07) is 6.78. The number of hydrogen-bond acceptors (Lipinski definition) is 3. The first-order chi connectivity index (χ1) is 6.63. The van der Waals surface area contributed by atoms with Crippen LogP contribution in [0.5, 0.6) is 0 Å². The molecule has 0 atom stereocenters. The Morgan fingerprint density at radius 1 is 1.64 bits per heavy atom. The maximum absolute atomic E-state index is 10.3. The van der Waals surface area contributed by atoms with Crippen LogP contribution in [0.1, 0.15) is 5.56 Å². The number of nitrogens with zero attached hydrogens (tertiary/aromatic N) is 1. The minimum atomic E-state index is -0.879. The molecule has 0 spiro atoms. The van der Waals surface area contributed by atoms with Gasteiger partial charge in [0.25, 0.3) is 0 Å². The number of hydrogen-bond donors (Lipinski definition) is 1. The smallest absolute Gasteiger partial charge is 0.313 e. The van der Waals surface area contributed by atoms with Gasteiger partial charge in [-0.1, -0.05) is 11.6 Å². The first kappa shape index (κ1) is 10.9. The average Bonchev–Trinajstić information content (AvgIpc) is 2.15. The summed E-state index contributed by atoms with van der Waals surface area (Å²) in [7, 11) is 0. The van der Waals surface area contributed by atoms with Crippen molar-refractivity contribution < 1.29 is 9.90 Å². The third-order valence-corrected chi connectivity index (χ3v) is 2.71. The molecular weight excluding hydrogens is 222 g/mol. The number of thioether (sulfide) groups is 1. The van der Waals surface area contributed by atoms with Crippen LogP contribution in [0.15, 0.2) is 23.1 Å². The fraction of sp³-hybridized carbons (Fsp3) is 0.111. The molecule has 5 heteroatoms. The van der Waals surface area contributed by atoms with Crippen molar-refractivity contribution in [1.29, 1.82) is 5.26 Å². The van der Waals surface area contributed by atoms with E-state index in [0.717, 1.165) is 4.90 Å². The highest BCUT2D eigenvalue weighted by Gasteiger charge is 2.03. The molecule has 1 N–H and O–H groups in total. The standard InChI is InChI=1S/C9H6ClNO2S/c10-8-3-7(14-5-9(12)13)2-1-6(8)4-11/h1-3H,5H2,(H,12,13). The molecule has 3 nitrogen and oxygen atoms in total. The van der Waals surface area contributed by atoms with Gasteiger partial charge in [-0.15, -0.1) is 11.8 Å². The minimum Gasteiger partial charge on any atom is -0.481 e. The predicted molar refractivity (Wildman–Crippen MR) is 54.5 cm³/mol. The lowest BCUT2D eigenvalue weighted by atomic mass is 10.2. The summed E-state index contributed by atoms with van der Waals surface area (Å²) >= 11 is 6.93. The summed E-state index contributed by atoms with van der Waals surface area (Å²) in [5.74, 6) is -0.891. The molecule has 0 bridgehead atoms. The van der Waals surface area contributed by atoms with Crippen molar-refractivity contribution in [3.63, 3.8) is 0 Å². The molecule has 0 saturated heterocycles. The zero-order valence-corrected chi connectivity index (χ0v) is 8.60. The van der Waals surface area contributed by atoms with Gasteiger partial charge >= 0.3 is 5.97 Å². The molecule has 72 valence electrons. The molecule has 0 aliphatic rings. The van der Waals surface area contributed by atoms with E-state index in [1.807, 2.05) is 6.07 Å². The summed E-state index contributed by atoms with van der Waals surface area (Å²) in [6.45, 7) is 0. The second kappa shape index (κ2) is 4.89. The Morgan fingerprint density at radius 3 is 2.86 bits per heavy atom. The van der Waals surface area contributed by atoms with Crippen molar-refractivity contribution in [1.82, 2.24) is 0 Å². The summed E-state index contributed by atoms with van der Waals surface area (Å²) in [6.07, 6.45) is 0. The van der Waals surface area contributed by atoms with Gasteiger partial charge in [-0.25, -0.2) is 0 Å². The van der Waals surface area contributed by atoms with Crippen molar-refractivity contribution in [3.8, 4) is 6.07 Å². The van der Waals surface area contributed by atoms with Gasteiger partial charge in [0, 0.05) is 4.90 Å². The molecule has 14 heavy (non-hydrogen) atoms. The molecule has 0 amide bonds. The first-order valence-corrected chi connectivity index (χ1v) is 5.04. The number of carbonyl (C=O) groups is 1. The Morgan fingerprint density at radius 2 is 2.36 bits per heavy atom. The lowest BCUT2D eigenvalue weighted by molar-refractivity contribution is -0.133. The van der Waals surface area contributed by atoms with E-state index in [2.05, 4.69) is 0 Å². The summed E-state index contributed by atoms with van der Waals surface area (Å²) in [5.41, 5.74) is 0.395. The first-order valence-electron chi connectivity index (χ1n) is 3.67. The van der Waals surface area contributed by atoms with Gasteiger partial charge in [-0.3, -0.25) is 4.79 Å². The lowest BCUT2D eigenvalue weighted by Crippen LogP contribution is -1.97. The molecule has 0 aromatic heterocycles. The van der Waals surface area contributed by atoms with Crippen molar-refractivity contribution in [2.24, 2.45) is 0 Å². The molecule has 0 saturated carbocycles. The van der Waals surface area contributed by atoms with Crippen LogP contribution in [0, 0.1) is 11.3 Å². The quantitative estimate of drug-likeness (QED) is 0.806. The number of nitriles is 1. The monoisotopic (exact) mass is 227 g/mol. The Kier molecular flexibility index (Phi) is 3.81. The van der Waals surface area contributed by atoms with Gasteiger partial charge in [0.15, 0.2) is 0 Å². The van der Waals surface area contributed by atoms with E-state index in [1.54, 1.807) is 18.2 Å².